The van der Waals surface area contributed by atoms with Gasteiger partial charge in [0, 0.05) is 19.2 Å². The predicted molar refractivity (Wildman–Crippen MR) is 94.1 cm³/mol. The van der Waals surface area contributed by atoms with Crippen LogP contribution in [0.1, 0.15) is 30.1 Å². The molecular formula is C21H21FN2O. The molecular weight excluding hydrogens is 315 g/mol. The standard InChI is InChI=1S/C21H21FN2O/c1-24(21(25)18-12-14-8-9-15(18)11-14)20(19-7-2-3-10-23-19)16-5-4-6-17(22)13-16/h2-10,13-15,18,20H,11-12H2,1H3/t14-,15-,18+,20-/m0/s1. The fourth-order valence-electron chi connectivity index (χ4n) is 4.26. The highest BCUT2D eigenvalue weighted by molar-refractivity contribution is 5.80. The number of carbonyl (C=O) groups is 1. The highest BCUT2D eigenvalue weighted by atomic mass is 19.1. The van der Waals surface area contributed by atoms with Crippen LogP contribution in [0.3, 0.4) is 0 Å². The largest absolute Gasteiger partial charge is 0.333 e. The van der Waals surface area contributed by atoms with Crippen molar-refractivity contribution in [3.63, 3.8) is 0 Å². The molecule has 1 aromatic carbocycles. The lowest BCUT2D eigenvalue weighted by Gasteiger charge is -2.32. The molecule has 4 heteroatoms. The molecule has 0 spiro atoms. The highest BCUT2D eigenvalue weighted by Gasteiger charge is 2.42. The van der Waals surface area contributed by atoms with E-state index in [2.05, 4.69) is 17.1 Å². The van der Waals surface area contributed by atoms with Gasteiger partial charge in [0.1, 0.15) is 5.82 Å². The molecule has 3 nitrogen and oxygen atoms in total. The molecule has 2 aliphatic rings. The monoisotopic (exact) mass is 336 g/mol. The molecule has 2 aliphatic carbocycles. The maximum atomic E-state index is 13.8. The Balaban J connectivity index is 1.68. The fourth-order valence-corrected chi connectivity index (χ4v) is 4.26. The summed E-state index contributed by atoms with van der Waals surface area (Å²) in [6.45, 7) is 0. The predicted octanol–water partition coefficient (Wildman–Crippen LogP) is 3.98. The quantitative estimate of drug-likeness (QED) is 0.791. The number of allylic oxidation sites excluding steroid dienone is 2. The molecule has 0 saturated heterocycles. The number of nitrogens with zero attached hydrogens (tertiary/aromatic N) is 2. The lowest BCUT2D eigenvalue weighted by molar-refractivity contribution is -0.136. The van der Waals surface area contributed by atoms with Crippen molar-refractivity contribution in [1.29, 1.82) is 0 Å². The molecule has 4 rings (SSSR count). The van der Waals surface area contributed by atoms with Crippen molar-refractivity contribution in [3.8, 4) is 0 Å². The SMILES string of the molecule is CN(C(=O)[C@@H]1C[C@H]2C=C[C@H]1C2)[C@@H](c1cccc(F)c1)c1ccccn1. The first-order chi connectivity index (χ1) is 12.1. The molecule has 1 heterocycles. The number of hydrogen-bond acceptors (Lipinski definition) is 2. The average Bonchev–Trinajstić information content (AvgIpc) is 3.25. The van der Waals surface area contributed by atoms with Gasteiger partial charge in [-0.05, 0) is 54.5 Å². The second-order valence-electron chi connectivity index (χ2n) is 7.05. The van der Waals surface area contributed by atoms with Crippen LogP contribution in [0.4, 0.5) is 4.39 Å². The van der Waals surface area contributed by atoms with E-state index >= 15 is 0 Å². The first-order valence-corrected chi connectivity index (χ1v) is 8.75. The molecule has 4 atom stereocenters. The summed E-state index contributed by atoms with van der Waals surface area (Å²) in [6.07, 6.45) is 8.13. The third-order valence-electron chi connectivity index (χ3n) is 5.46. The van der Waals surface area contributed by atoms with Crippen LogP contribution in [0, 0.1) is 23.6 Å². The molecule has 0 unspecified atom stereocenters. The normalized spacial score (nSPS) is 25.1. The zero-order chi connectivity index (χ0) is 17.4. The van der Waals surface area contributed by atoms with Gasteiger partial charge in [0.05, 0.1) is 11.7 Å². The first kappa shape index (κ1) is 16.0. The van der Waals surface area contributed by atoms with E-state index in [0.717, 1.165) is 24.1 Å². The third kappa shape index (κ3) is 2.97. The minimum atomic E-state index is -0.382. The summed E-state index contributed by atoms with van der Waals surface area (Å²) in [5.41, 5.74) is 1.50. The summed E-state index contributed by atoms with van der Waals surface area (Å²) in [4.78, 5) is 19.4. The van der Waals surface area contributed by atoms with Gasteiger partial charge >= 0.3 is 0 Å². The third-order valence-corrected chi connectivity index (χ3v) is 5.46. The molecule has 128 valence electrons. The molecule has 0 aliphatic heterocycles. The number of benzene rings is 1. The van der Waals surface area contributed by atoms with Gasteiger partial charge in [0.15, 0.2) is 0 Å². The number of rotatable bonds is 4. The molecule has 2 bridgehead atoms. The molecule has 1 fully saturated rings. The van der Waals surface area contributed by atoms with Gasteiger partial charge in [-0.2, -0.15) is 0 Å². The number of fused-ring (bicyclic) bond motifs is 2. The van der Waals surface area contributed by atoms with Crippen LogP contribution in [0.5, 0.6) is 0 Å². The molecule has 1 amide bonds. The van der Waals surface area contributed by atoms with E-state index in [1.807, 2.05) is 31.3 Å². The summed E-state index contributed by atoms with van der Waals surface area (Å²) in [5.74, 6) is 0.727. The molecule has 1 aromatic heterocycles. The van der Waals surface area contributed by atoms with Gasteiger partial charge in [-0.25, -0.2) is 4.39 Å². The van der Waals surface area contributed by atoms with E-state index in [4.69, 9.17) is 0 Å². The van der Waals surface area contributed by atoms with Crippen molar-refractivity contribution in [2.45, 2.75) is 18.9 Å². The Kier molecular flexibility index (Phi) is 4.12. The molecule has 0 N–H and O–H groups in total. The van der Waals surface area contributed by atoms with Crippen molar-refractivity contribution >= 4 is 5.91 Å². The molecule has 25 heavy (non-hydrogen) atoms. The van der Waals surface area contributed by atoms with E-state index < -0.39 is 0 Å². The van der Waals surface area contributed by atoms with Crippen molar-refractivity contribution in [2.75, 3.05) is 7.05 Å². The average molecular weight is 336 g/mol. The summed E-state index contributed by atoms with van der Waals surface area (Å²) in [7, 11) is 1.81. The van der Waals surface area contributed by atoms with Crippen molar-refractivity contribution in [1.82, 2.24) is 9.88 Å². The van der Waals surface area contributed by atoms with Crippen LogP contribution in [0.2, 0.25) is 0 Å². The van der Waals surface area contributed by atoms with Crippen LogP contribution < -0.4 is 0 Å². The maximum absolute atomic E-state index is 13.8. The number of aromatic nitrogens is 1. The van der Waals surface area contributed by atoms with Gasteiger partial charge in [0.25, 0.3) is 0 Å². The number of halogens is 1. The van der Waals surface area contributed by atoms with Crippen LogP contribution in [-0.2, 0) is 4.79 Å². The summed E-state index contributed by atoms with van der Waals surface area (Å²) in [5, 5.41) is 0. The van der Waals surface area contributed by atoms with Crippen LogP contribution in [0.25, 0.3) is 0 Å². The Morgan fingerprint density at radius 1 is 1.20 bits per heavy atom. The fraction of sp³-hybridized carbons (Fsp3) is 0.333. The highest BCUT2D eigenvalue weighted by Crippen LogP contribution is 2.45. The molecule has 0 radical (unpaired) electrons. The Morgan fingerprint density at radius 3 is 2.72 bits per heavy atom. The molecule has 1 saturated carbocycles. The van der Waals surface area contributed by atoms with E-state index in [1.165, 1.54) is 12.1 Å². The van der Waals surface area contributed by atoms with Gasteiger partial charge in [-0.3, -0.25) is 9.78 Å². The van der Waals surface area contributed by atoms with Gasteiger partial charge in [0.2, 0.25) is 5.91 Å². The minimum absolute atomic E-state index is 0.0276. The second-order valence-corrected chi connectivity index (χ2v) is 7.05. The van der Waals surface area contributed by atoms with Crippen molar-refractivity contribution < 1.29 is 9.18 Å². The van der Waals surface area contributed by atoms with Crippen LogP contribution in [-0.4, -0.2) is 22.8 Å². The van der Waals surface area contributed by atoms with Crippen LogP contribution >= 0.6 is 0 Å². The Morgan fingerprint density at radius 2 is 2.08 bits per heavy atom. The van der Waals surface area contributed by atoms with E-state index in [0.29, 0.717) is 11.8 Å². The van der Waals surface area contributed by atoms with Crippen LogP contribution in [0.15, 0.2) is 60.8 Å². The van der Waals surface area contributed by atoms with E-state index in [-0.39, 0.29) is 23.7 Å². The maximum Gasteiger partial charge on any atom is 0.226 e. The summed E-state index contributed by atoms with van der Waals surface area (Å²) >= 11 is 0. The van der Waals surface area contributed by atoms with Gasteiger partial charge < -0.3 is 4.90 Å². The summed E-state index contributed by atoms with van der Waals surface area (Å²) < 4.78 is 13.8. The van der Waals surface area contributed by atoms with Crippen molar-refractivity contribution in [2.24, 2.45) is 17.8 Å². The lowest BCUT2D eigenvalue weighted by atomic mass is 9.91. The van der Waals surface area contributed by atoms with Gasteiger partial charge in [-0.1, -0.05) is 30.4 Å². The number of pyridine rings is 1. The zero-order valence-electron chi connectivity index (χ0n) is 14.2. The number of hydrogen-bond donors (Lipinski definition) is 0. The smallest absolute Gasteiger partial charge is 0.226 e. The Bertz CT molecular complexity index is 805. The first-order valence-electron chi connectivity index (χ1n) is 8.75. The number of carbonyl (C=O) groups excluding carboxylic acids is 1. The zero-order valence-corrected chi connectivity index (χ0v) is 14.2. The number of amides is 1. The summed E-state index contributed by atoms with van der Waals surface area (Å²) in [6, 6.07) is 11.7. The van der Waals surface area contributed by atoms with E-state index in [9.17, 15) is 9.18 Å². The topological polar surface area (TPSA) is 33.2 Å². The second kappa shape index (κ2) is 6.43. The Labute approximate surface area is 147 Å². The molecule has 2 aromatic rings. The van der Waals surface area contributed by atoms with Crippen molar-refractivity contribution in [3.05, 3.63) is 77.9 Å². The van der Waals surface area contributed by atoms with E-state index in [1.54, 1.807) is 17.2 Å². The lowest BCUT2D eigenvalue weighted by Crippen LogP contribution is -2.38. The van der Waals surface area contributed by atoms with Gasteiger partial charge in [-0.15, -0.1) is 0 Å². The minimum Gasteiger partial charge on any atom is -0.333 e. The Hall–Kier alpha value is -2.49.